The Balaban J connectivity index is 1.42. The van der Waals surface area contributed by atoms with Gasteiger partial charge in [-0.15, -0.1) is 0 Å². The topological polar surface area (TPSA) is 88.2 Å². The zero-order chi connectivity index (χ0) is 23.4. The number of carbonyl (C=O) groups is 1. The minimum atomic E-state index is -3.69. The van der Waals surface area contributed by atoms with Crippen LogP contribution in [0.3, 0.4) is 0 Å². The number of rotatable bonds is 7. The Morgan fingerprint density at radius 2 is 1.70 bits per heavy atom. The molecule has 0 spiro atoms. The number of anilines is 2. The maximum atomic E-state index is 12.8. The van der Waals surface area contributed by atoms with E-state index in [9.17, 15) is 13.2 Å². The summed E-state index contributed by atoms with van der Waals surface area (Å²) in [6.45, 7) is 4.56. The quantitative estimate of drug-likeness (QED) is 0.665. The van der Waals surface area contributed by atoms with Gasteiger partial charge in [0, 0.05) is 24.8 Å². The van der Waals surface area contributed by atoms with Gasteiger partial charge in [0.25, 0.3) is 0 Å². The molecule has 0 aliphatic carbocycles. The Bertz CT molecular complexity index is 1080. The number of nitrogens with zero attached hydrogens (tertiary/aromatic N) is 2. The van der Waals surface area contributed by atoms with Crippen molar-refractivity contribution in [2.24, 2.45) is 0 Å². The molecule has 2 aliphatic rings. The molecular formula is C24H31N3O5S. The van der Waals surface area contributed by atoms with Crippen molar-refractivity contribution in [3.05, 3.63) is 48.0 Å². The van der Waals surface area contributed by atoms with Gasteiger partial charge in [0.15, 0.2) is 11.5 Å². The third-order valence-corrected chi connectivity index (χ3v) is 7.13. The molecule has 2 aromatic carbocycles. The molecule has 33 heavy (non-hydrogen) atoms. The summed E-state index contributed by atoms with van der Waals surface area (Å²) in [7, 11) is -3.69. The Morgan fingerprint density at radius 3 is 2.36 bits per heavy atom. The van der Waals surface area contributed by atoms with Gasteiger partial charge in [0.1, 0.15) is 19.8 Å². The van der Waals surface area contributed by atoms with Gasteiger partial charge in [0.2, 0.25) is 15.9 Å². The van der Waals surface area contributed by atoms with Crippen LogP contribution in [0.25, 0.3) is 0 Å². The molecule has 0 radical (unpaired) electrons. The molecular weight excluding hydrogens is 442 g/mol. The van der Waals surface area contributed by atoms with E-state index in [1.807, 2.05) is 19.1 Å². The molecule has 1 amide bonds. The Kier molecular flexibility index (Phi) is 6.97. The molecule has 8 nitrogen and oxygen atoms in total. The maximum Gasteiger partial charge on any atom is 0.241 e. The summed E-state index contributed by atoms with van der Waals surface area (Å²) in [5.74, 6) is 0.641. The zero-order valence-corrected chi connectivity index (χ0v) is 19.9. The number of hydrogen-bond acceptors (Lipinski definition) is 6. The van der Waals surface area contributed by atoms with Crippen LogP contribution >= 0.6 is 0 Å². The molecule has 0 saturated carbocycles. The van der Waals surface area contributed by atoms with E-state index in [1.165, 1.54) is 24.9 Å². The predicted molar refractivity (Wildman–Crippen MR) is 129 cm³/mol. The van der Waals surface area contributed by atoms with Crippen LogP contribution in [-0.2, 0) is 14.8 Å². The van der Waals surface area contributed by atoms with E-state index in [-0.39, 0.29) is 18.5 Å². The van der Waals surface area contributed by atoms with Crippen molar-refractivity contribution in [2.75, 3.05) is 48.3 Å². The van der Waals surface area contributed by atoms with Crippen molar-refractivity contribution < 1.29 is 22.7 Å². The minimum absolute atomic E-state index is 0.255. The Labute approximate surface area is 195 Å². The van der Waals surface area contributed by atoms with Crippen LogP contribution in [0.2, 0.25) is 0 Å². The van der Waals surface area contributed by atoms with Crippen LogP contribution in [0.1, 0.15) is 37.8 Å². The summed E-state index contributed by atoms with van der Waals surface area (Å²) in [5, 5.41) is 2.92. The first kappa shape index (κ1) is 23.2. The van der Waals surface area contributed by atoms with Gasteiger partial charge < -0.3 is 19.7 Å². The lowest BCUT2D eigenvalue weighted by molar-refractivity contribution is -0.120. The molecule has 0 aromatic heterocycles. The predicted octanol–water partition coefficient (Wildman–Crippen LogP) is 3.09. The lowest BCUT2D eigenvalue weighted by Gasteiger charge is -2.29. The summed E-state index contributed by atoms with van der Waals surface area (Å²) in [6.07, 6.45) is 4.80. The highest BCUT2D eigenvalue weighted by Crippen LogP contribution is 2.34. The normalized spacial score (nSPS) is 16.7. The van der Waals surface area contributed by atoms with Crippen molar-refractivity contribution in [1.29, 1.82) is 0 Å². The van der Waals surface area contributed by atoms with E-state index in [4.69, 9.17) is 9.47 Å². The van der Waals surface area contributed by atoms with E-state index in [0.717, 1.165) is 29.2 Å². The van der Waals surface area contributed by atoms with Gasteiger partial charge in [-0.25, -0.2) is 8.42 Å². The first-order valence-electron chi connectivity index (χ1n) is 11.3. The van der Waals surface area contributed by atoms with Gasteiger partial charge in [-0.05, 0) is 56.0 Å². The van der Waals surface area contributed by atoms with Gasteiger partial charge in [0.05, 0.1) is 18.0 Å². The second-order valence-corrected chi connectivity index (χ2v) is 10.4. The number of piperidine rings is 1. The number of nitrogens with one attached hydrogen (secondary N) is 1. The van der Waals surface area contributed by atoms with Crippen molar-refractivity contribution in [1.82, 2.24) is 5.32 Å². The van der Waals surface area contributed by atoms with Gasteiger partial charge >= 0.3 is 0 Å². The lowest BCUT2D eigenvalue weighted by atomic mass is 10.1. The van der Waals surface area contributed by atoms with Crippen LogP contribution in [0, 0.1) is 0 Å². The second-order valence-electron chi connectivity index (χ2n) is 8.53. The zero-order valence-electron chi connectivity index (χ0n) is 19.1. The Hall–Kier alpha value is -2.94. The molecule has 1 unspecified atom stereocenters. The van der Waals surface area contributed by atoms with Crippen molar-refractivity contribution in [2.45, 2.75) is 32.2 Å². The standard InChI is InChI=1S/C24H31N3O5S/c1-18(19-6-8-20(9-7-19)26-12-4-3-5-13-26)25-24(28)17-27(33(2,29)30)21-10-11-22-23(16-21)32-15-14-31-22/h6-11,16,18H,3-5,12-15,17H2,1-2H3,(H,25,28). The smallest absolute Gasteiger partial charge is 0.241 e. The number of amides is 1. The number of fused-ring (bicyclic) bond motifs is 1. The fourth-order valence-corrected chi connectivity index (χ4v) is 5.06. The van der Waals surface area contributed by atoms with Crippen LogP contribution in [0.15, 0.2) is 42.5 Å². The van der Waals surface area contributed by atoms with Gasteiger partial charge in [-0.3, -0.25) is 9.10 Å². The van der Waals surface area contributed by atoms with E-state index in [2.05, 4.69) is 22.3 Å². The lowest BCUT2D eigenvalue weighted by Crippen LogP contribution is -2.41. The molecule has 1 saturated heterocycles. The number of benzene rings is 2. The number of ether oxygens (including phenoxy) is 2. The van der Waals surface area contributed by atoms with Gasteiger partial charge in [-0.2, -0.15) is 0 Å². The molecule has 4 rings (SSSR count). The molecule has 0 bridgehead atoms. The first-order chi connectivity index (χ1) is 15.8. The van der Waals surface area contributed by atoms with Crippen LogP contribution in [0.4, 0.5) is 11.4 Å². The van der Waals surface area contributed by atoms with Crippen LogP contribution in [0.5, 0.6) is 11.5 Å². The van der Waals surface area contributed by atoms with Crippen LogP contribution < -0.4 is 24.0 Å². The number of sulfonamides is 1. The molecule has 1 N–H and O–H groups in total. The fourth-order valence-electron chi connectivity index (χ4n) is 4.21. The highest BCUT2D eigenvalue weighted by Gasteiger charge is 2.24. The summed E-state index contributed by atoms with van der Waals surface area (Å²) in [6, 6.07) is 12.8. The van der Waals surface area contributed by atoms with Crippen molar-refractivity contribution >= 4 is 27.3 Å². The van der Waals surface area contributed by atoms with E-state index in [1.54, 1.807) is 18.2 Å². The molecule has 9 heteroatoms. The summed E-state index contributed by atoms with van der Waals surface area (Å²) in [5.41, 5.74) is 2.52. The highest BCUT2D eigenvalue weighted by molar-refractivity contribution is 7.92. The fraction of sp³-hybridized carbons (Fsp3) is 0.458. The van der Waals surface area contributed by atoms with Crippen molar-refractivity contribution in [3.63, 3.8) is 0 Å². The average molecular weight is 474 g/mol. The Morgan fingerprint density at radius 1 is 1.03 bits per heavy atom. The number of hydrogen-bond donors (Lipinski definition) is 1. The molecule has 178 valence electrons. The molecule has 2 aliphatic heterocycles. The maximum absolute atomic E-state index is 12.8. The monoisotopic (exact) mass is 473 g/mol. The molecule has 2 aromatic rings. The third-order valence-electron chi connectivity index (χ3n) is 5.99. The van der Waals surface area contributed by atoms with Gasteiger partial charge in [-0.1, -0.05) is 12.1 Å². The molecule has 1 fully saturated rings. The largest absolute Gasteiger partial charge is 0.486 e. The van der Waals surface area contributed by atoms with E-state index >= 15 is 0 Å². The van der Waals surface area contributed by atoms with Crippen LogP contribution in [-0.4, -0.2) is 53.4 Å². The second kappa shape index (κ2) is 9.91. The summed E-state index contributed by atoms with van der Waals surface area (Å²) in [4.78, 5) is 15.2. The average Bonchev–Trinajstić information content (AvgIpc) is 2.82. The first-order valence-corrected chi connectivity index (χ1v) is 13.2. The third kappa shape index (κ3) is 5.71. The minimum Gasteiger partial charge on any atom is -0.486 e. The number of carbonyl (C=O) groups excluding carboxylic acids is 1. The van der Waals surface area contributed by atoms with E-state index < -0.39 is 10.0 Å². The van der Waals surface area contributed by atoms with Crippen molar-refractivity contribution in [3.8, 4) is 11.5 Å². The highest BCUT2D eigenvalue weighted by atomic mass is 32.2. The molecule has 1 atom stereocenters. The van der Waals surface area contributed by atoms with E-state index in [0.29, 0.717) is 30.4 Å². The SMILES string of the molecule is CC(NC(=O)CN(c1ccc2c(c1)OCCO2)S(C)(=O)=O)c1ccc(N2CCCCC2)cc1. The molecule has 2 heterocycles. The summed E-state index contributed by atoms with van der Waals surface area (Å²) >= 11 is 0. The summed E-state index contributed by atoms with van der Waals surface area (Å²) < 4.78 is 37.0.